The molecule has 306 valence electrons. The molecular weight excluding hydrogens is 757 g/mol. The molecule has 2 heterocycles. The summed E-state index contributed by atoms with van der Waals surface area (Å²) >= 11 is 0. The van der Waals surface area contributed by atoms with Gasteiger partial charge in [-0.1, -0.05) is 109 Å². The van der Waals surface area contributed by atoms with Gasteiger partial charge in [-0.15, -0.1) is 0 Å². The normalized spacial score (nSPS) is 18.0. The Kier molecular flexibility index (Phi) is 11.6. The summed E-state index contributed by atoms with van der Waals surface area (Å²) in [6.45, 7) is 0.929. The third-order valence-corrected chi connectivity index (χ3v) is 11.4. The van der Waals surface area contributed by atoms with E-state index < -0.39 is 23.4 Å². The average Bonchev–Trinajstić information content (AvgIpc) is 3.29. The molecule has 6 aromatic carbocycles. The molecule has 0 aliphatic carbocycles. The van der Waals surface area contributed by atoms with Crippen LogP contribution in [0.3, 0.4) is 0 Å². The van der Waals surface area contributed by atoms with Crippen molar-refractivity contribution in [3.63, 3.8) is 0 Å². The van der Waals surface area contributed by atoms with Crippen LogP contribution in [0.1, 0.15) is 33.4 Å². The summed E-state index contributed by atoms with van der Waals surface area (Å²) in [4.78, 5) is 28.9. The summed E-state index contributed by atoms with van der Waals surface area (Å²) in [7, 11) is 6.28. The van der Waals surface area contributed by atoms with Crippen molar-refractivity contribution in [1.82, 2.24) is 10.6 Å². The van der Waals surface area contributed by atoms with Gasteiger partial charge >= 0.3 is 11.9 Å². The first-order valence-corrected chi connectivity index (χ1v) is 20.0. The molecule has 60 heavy (non-hydrogen) atoms. The summed E-state index contributed by atoms with van der Waals surface area (Å²) in [6, 6.07) is 43.8. The summed E-state index contributed by atoms with van der Waals surface area (Å²) in [6.07, 6.45) is 1.68. The number of nitrogens with one attached hydrogen (secondary N) is 2. The van der Waals surface area contributed by atoms with Gasteiger partial charge in [0.25, 0.3) is 0 Å². The van der Waals surface area contributed by atoms with Crippen LogP contribution < -0.4 is 29.6 Å². The molecular formula is C50H48N2O8. The molecule has 10 nitrogen and oxygen atoms in total. The number of methoxy groups -OCH3 is 4. The largest absolute Gasteiger partial charge is 0.493 e. The van der Waals surface area contributed by atoms with E-state index in [4.69, 9.17) is 28.4 Å². The van der Waals surface area contributed by atoms with Crippen molar-refractivity contribution in [2.45, 2.75) is 37.1 Å². The van der Waals surface area contributed by atoms with Crippen LogP contribution in [0.25, 0.3) is 22.3 Å². The van der Waals surface area contributed by atoms with Gasteiger partial charge in [-0.05, 0) is 81.6 Å². The minimum atomic E-state index is -1.47. The molecule has 0 spiro atoms. The molecule has 0 saturated carbocycles. The van der Waals surface area contributed by atoms with Gasteiger partial charge in [-0.25, -0.2) is 9.59 Å². The molecule has 2 aliphatic rings. The summed E-state index contributed by atoms with van der Waals surface area (Å²) < 4.78 is 35.6. The van der Waals surface area contributed by atoms with Gasteiger partial charge < -0.3 is 28.4 Å². The van der Waals surface area contributed by atoms with Crippen LogP contribution in [0.4, 0.5) is 0 Å². The zero-order chi connectivity index (χ0) is 41.7. The molecule has 0 amide bonds. The maximum atomic E-state index is 14.5. The Morgan fingerprint density at radius 3 is 1.15 bits per heavy atom. The number of rotatable bonds is 12. The highest BCUT2D eigenvalue weighted by molar-refractivity contribution is 6.30. The summed E-state index contributed by atoms with van der Waals surface area (Å²) in [5, 5.41) is 6.96. The maximum Gasteiger partial charge on any atom is 0.419 e. The minimum Gasteiger partial charge on any atom is -0.493 e. The van der Waals surface area contributed by atoms with E-state index in [1.165, 1.54) is 0 Å². The van der Waals surface area contributed by atoms with Crippen molar-refractivity contribution >= 4 is 11.9 Å². The quantitative estimate of drug-likeness (QED) is 0.0935. The van der Waals surface area contributed by atoms with E-state index in [0.717, 1.165) is 44.5 Å². The lowest BCUT2D eigenvalue weighted by Crippen LogP contribution is -2.55. The highest BCUT2D eigenvalue weighted by Crippen LogP contribution is 2.43. The lowest BCUT2D eigenvalue weighted by atomic mass is 9.85. The van der Waals surface area contributed by atoms with Gasteiger partial charge in [-0.2, -0.15) is 0 Å². The smallest absolute Gasteiger partial charge is 0.419 e. The van der Waals surface area contributed by atoms with Crippen LogP contribution in [0.15, 0.2) is 133 Å². The number of carbonyl (C=O) groups is 2. The first-order valence-electron chi connectivity index (χ1n) is 20.0. The van der Waals surface area contributed by atoms with E-state index in [-0.39, 0.29) is 12.8 Å². The summed E-state index contributed by atoms with van der Waals surface area (Å²) in [5.41, 5.74) is 6.20. The molecule has 2 unspecified atom stereocenters. The van der Waals surface area contributed by atoms with Crippen molar-refractivity contribution in [3.05, 3.63) is 167 Å². The fourth-order valence-corrected chi connectivity index (χ4v) is 8.43. The Morgan fingerprint density at radius 1 is 0.467 bits per heavy atom. The van der Waals surface area contributed by atoms with Gasteiger partial charge in [0.1, 0.15) is 0 Å². The van der Waals surface area contributed by atoms with Crippen LogP contribution in [-0.4, -0.2) is 53.5 Å². The van der Waals surface area contributed by atoms with Crippen molar-refractivity contribution in [2.75, 3.05) is 41.5 Å². The van der Waals surface area contributed by atoms with E-state index in [2.05, 4.69) is 34.9 Å². The standard InChI is InChI=1S/C50H48N2O8/c1-55-43-27-39-23-25-51-49(41(39)29-45(43)57-3,31-33-15-19-37(20-16-33)35-11-7-5-8-12-35)59-47(53)48(54)60-50(32-34-17-21-38(22-18-34)36-13-9-6-10-14-36)42-30-46(58-4)44(56-2)28-40(42)24-26-52-50/h5-22,27-30,51-52H,23-26,31-32H2,1-4H3. The Labute approximate surface area is 350 Å². The second-order valence-electron chi connectivity index (χ2n) is 15.0. The van der Waals surface area contributed by atoms with Crippen LogP contribution in [-0.2, 0) is 56.2 Å². The van der Waals surface area contributed by atoms with Crippen molar-refractivity contribution in [1.29, 1.82) is 0 Å². The van der Waals surface area contributed by atoms with Crippen molar-refractivity contribution < 1.29 is 38.0 Å². The highest BCUT2D eigenvalue weighted by Gasteiger charge is 2.47. The zero-order valence-corrected chi connectivity index (χ0v) is 34.2. The molecule has 6 aromatic rings. The lowest BCUT2D eigenvalue weighted by molar-refractivity contribution is -0.193. The fraction of sp³-hybridized carbons (Fsp3) is 0.240. The van der Waals surface area contributed by atoms with Crippen molar-refractivity contribution in [3.8, 4) is 45.3 Å². The molecule has 0 saturated heterocycles. The third kappa shape index (κ3) is 8.04. The second-order valence-corrected chi connectivity index (χ2v) is 15.0. The van der Waals surface area contributed by atoms with Gasteiger partial charge in [-0.3, -0.25) is 10.6 Å². The fourth-order valence-electron chi connectivity index (χ4n) is 8.43. The molecule has 10 heteroatoms. The van der Waals surface area contributed by atoms with Crippen LogP contribution in [0.2, 0.25) is 0 Å². The van der Waals surface area contributed by atoms with Gasteiger partial charge in [0.2, 0.25) is 0 Å². The van der Waals surface area contributed by atoms with E-state index in [0.29, 0.717) is 60.1 Å². The number of hydrogen-bond acceptors (Lipinski definition) is 10. The Hall–Kier alpha value is -6.62. The van der Waals surface area contributed by atoms with Gasteiger partial charge in [0.05, 0.1) is 28.4 Å². The maximum absolute atomic E-state index is 14.5. The zero-order valence-electron chi connectivity index (χ0n) is 34.2. The Morgan fingerprint density at radius 2 is 0.800 bits per heavy atom. The molecule has 0 radical (unpaired) electrons. The average molecular weight is 805 g/mol. The Balaban J connectivity index is 1.15. The van der Waals surface area contributed by atoms with E-state index in [9.17, 15) is 9.59 Å². The predicted octanol–water partition coefficient (Wildman–Crippen LogP) is 7.92. The number of fused-ring (bicyclic) bond motifs is 2. The molecule has 0 fully saturated rings. The molecule has 2 aliphatic heterocycles. The SMILES string of the molecule is COc1cc2c(cc1OC)C(Cc1ccc(-c3ccccc3)cc1)(OC(=O)C(=O)OC1(Cc3ccc(-c4ccccc4)cc3)NCCc3cc(OC)c(OC)cc31)NCC2. The number of carbonyl (C=O) groups excluding carboxylic acids is 2. The lowest BCUT2D eigenvalue weighted by Gasteiger charge is -2.41. The van der Waals surface area contributed by atoms with Crippen LogP contribution in [0, 0.1) is 0 Å². The van der Waals surface area contributed by atoms with Gasteiger partial charge in [0.15, 0.2) is 34.4 Å². The minimum absolute atomic E-state index is 0.209. The number of benzene rings is 6. The van der Waals surface area contributed by atoms with Crippen LogP contribution in [0.5, 0.6) is 23.0 Å². The molecule has 2 atom stereocenters. The number of ether oxygens (including phenoxy) is 6. The van der Waals surface area contributed by atoms with Crippen molar-refractivity contribution in [2.24, 2.45) is 0 Å². The molecule has 0 bridgehead atoms. The first kappa shape index (κ1) is 40.2. The molecule has 0 aromatic heterocycles. The monoisotopic (exact) mass is 804 g/mol. The first-order chi connectivity index (χ1) is 29.3. The third-order valence-electron chi connectivity index (χ3n) is 11.4. The topological polar surface area (TPSA) is 114 Å². The molecule has 2 N–H and O–H groups in total. The Bertz CT molecular complexity index is 2300. The molecule has 8 rings (SSSR count). The van der Waals surface area contributed by atoms with E-state index >= 15 is 0 Å². The highest BCUT2D eigenvalue weighted by atomic mass is 16.6. The van der Waals surface area contributed by atoms with E-state index in [1.54, 1.807) is 28.4 Å². The predicted molar refractivity (Wildman–Crippen MR) is 229 cm³/mol. The number of hydrogen-bond donors (Lipinski definition) is 2. The summed E-state index contributed by atoms with van der Waals surface area (Å²) in [5.74, 6) is -0.270. The second kappa shape index (κ2) is 17.3. The van der Waals surface area contributed by atoms with Gasteiger partial charge in [0, 0.05) is 37.1 Å². The van der Waals surface area contributed by atoms with Crippen LogP contribution >= 0.6 is 0 Å². The van der Waals surface area contributed by atoms with E-state index in [1.807, 2.05) is 109 Å². The number of esters is 2.